The van der Waals surface area contributed by atoms with E-state index in [1.165, 1.54) is 39.3 Å². The summed E-state index contributed by atoms with van der Waals surface area (Å²) in [5, 5.41) is 2.53. The molecule has 0 fully saturated rings. The summed E-state index contributed by atoms with van der Waals surface area (Å²) in [7, 11) is -2.87. The van der Waals surface area contributed by atoms with Gasteiger partial charge in [0.2, 0.25) is 10.0 Å². The minimum Gasteiger partial charge on any atom is -0.590 e. The van der Waals surface area contributed by atoms with E-state index >= 15 is 4.39 Å². The molecule has 0 saturated carbocycles. The van der Waals surface area contributed by atoms with Gasteiger partial charge in [-0.1, -0.05) is 12.1 Å². The van der Waals surface area contributed by atoms with Crippen LogP contribution in [0, 0.1) is 11.6 Å². The number of carbonyl (C=O) groups excluding carboxylic acids is 1. The van der Waals surface area contributed by atoms with Crippen molar-refractivity contribution in [3.63, 3.8) is 0 Å². The fourth-order valence-electron chi connectivity index (χ4n) is 3.63. The van der Waals surface area contributed by atoms with Gasteiger partial charge in [0.25, 0.3) is 27.1 Å². The quantitative estimate of drug-likeness (QED) is 0.233. The predicted octanol–water partition coefficient (Wildman–Crippen LogP) is 3.90. The highest BCUT2D eigenvalue weighted by Crippen LogP contribution is 2.31. The van der Waals surface area contributed by atoms with E-state index < -0.39 is 47.4 Å². The largest absolute Gasteiger partial charge is 0.590 e. The van der Waals surface area contributed by atoms with Crippen molar-refractivity contribution in [1.82, 2.24) is 14.0 Å². The molecule has 0 spiro atoms. The van der Waals surface area contributed by atoms with Crippen LogP contribution in [0.5, 0.6) is 5.75 Å². The van der Waals surface area contributed by atoms with Crippen molar-refractivity contribution in [3.05, 3.63) is 89.2 Å². The molecule has 2 unspecified atom stereocenters. The van der Waals surface area contributed by atoms with E-state index in [9.17, 15) is 22.2 Å². The molecule has 38 heavy (non-hydrogen) atoms. The first-order chi connectivity index (χ1) is 17.8. The molecule has 0 aliphatic heterocycles. The highest BCUT2D eigenvalue weighted by atomic mass is 127. The molecule has 14 heteroatoms. The Morgan fingerprint density at radius 1 is 1.18 bits per heavy atom. The number of methoxy groups -OCH3 is 1. The topological polar surface area (TPSA) is 124 Å². The number of pyridine rings is 1. The summed E-state index contributed by atoms with van der Waals surface area (Å²) < 4.78 is 76.0. The van der Waals surface area contributed by atoms with Crippen LogP contribution in [0.15, 0.2) is 60.8 Å². The summed E-state index contributed by atoms with van der Waals surface area (Å²) in [5.74, 6) is -2.08. The lowest BCUT2D eigenvalue weighted by Crippen LogP contribution is -2.49. The lowest BCUT2D eigenvalue weighted by atomic mass is 9.94. The third kappa shape index (κ3) is 7.83. The number of rotatable bonds is 11. The van der Waals surface area contributed by atoms with Gasteiger partial charge >= 0.3 is 0 Å². The maximum absolute atomic E-state index is 15.1. The van der Waals surface area contributed by atoms with Crippen LogP contribution in [0.1, 0.15) is 28.5 Å². The molecule has 2 atom stereocenters. The molecule has 1 heterocycles. The number of nitrogens with zero attached hydrogens (tertiary/aromatic N) is 2. The zero-order valence-corrected chi connectivity index (χ0v) is 24.4. The van der Waals surface area contributed by atoms with Crippen molar-refractivity contribution in [2.45, 2.75) is 19.0 Å². The number of nitrogens with one attached hydrogen (secondary N) is 2. The Balaban J connectivity index is 1.88. The third-order valence-electron chi connectivity index (χ3n) is 5.59. The van der Waals surface area contributed by atoms with E-state index in [1.54, 1.807) is 45.5 Å². The summed E-state index contributed by atoms with van der Waals surface area (Å²) in [6.07, 6.45) is 0.884. The minimum absolute atomic E-state index is 0.0407. The first kappa shape index (κ1) is 30.2. The molecule has 0 saturated heterocycles. The van der Waals surface area contributed by atoms with Crippen molar-refractivity contribution >= 4 is 51.4 Å². The van der Waals surface area contributed by atoms with E-state index in [4.69, 9.17) is 4.74 Å². The number of benzene rings is 2. The van der Waals surface area contributed by atoms with Crippen molar-refractivity contribution < 1.29 is 31.3 Å². The van der Waals surface area contributed by atoms with Crippen LogP contribution >= 0.6 is 21.2 Å². The van der Waals surface area contributed by atoms with Gasteiger partial charge in [-0.15, -0.1) is 4.72 Å². The second-order valence-electron chi connectivity index (χ2n) is 8.53. The summed E-state index contributed by atoms with van der Waals surface area (Å²) in [4.78, 5) is 16.2. The number of carbonyl (C=O) groups is 1. The van der Waals surface area contributed by atoms with Gasteiger partial charge in [-0.25, -0.2) is 26.5 Å². The summed E-state index contributed by atoms with van der Waals surface area (Å²) in [6.45, 7) is 1.45. The van der Waals surface area contributed by atoms with Gasteiger partial charge in [-0.05, 0) is 55.0 Å². The highest BCUT2D eigenvalue weighted by molar-refractivity contribution is 14.2. The molecule has 0 bridgehead atoms. The van der Waals surface area contributed by atoms with E-state index in [2.05, 4.69) is 15.0 Å². The van der Waals surface area contributed by atoms with E-state index in [-0.39, 0.29) is 23.5 Å². The van der Waals surface area contributed by atoms with Crippen LogP contribution in [-0.2, 0) is 30.6 Å². The Labute approximate surface area is 234 Å². The van der Waals surface area contributed by atoms with E-state index in [0.29, 0.717) is 11.3 Å². The Kier molecular flexibility index (Phi) is 10.0. The highest BCUT2D eigenvalue weighted by Gasteiger charge is 2.40. The fraction of sp³-hybridized carbons (Fsp3) is 0.250. The number of sulfonamides is 1. The number of aromatic nitrogens is 1. The SMILES string of the molecule is COc1ccc(CN(C)S(=O)(=O)CC(C)(N[S+]([O-])I)c2cc(NC(=O)c3ccc(F)cn3)ccc2F)cc1. The molecule has 3 aromatic rings. The first-order valence-electron chi connectivity index (χ1n) is 11.0. The molecule has 1 aromatic heterocycles. The first-order valence-corrected chi connectivity index (χ1v) is 16.3. The van der Waals surface area contributed by atoms with Crippen LogP contribution in [0.4, 0.5) is 14.5 Å². The monoisotopic (exact) mass is 678 g/mol. The van der Waals surface area contributed by atoms with Gasteiger partial charge in [0, 0.05) is 24.8 Å². The number of hydrogen-bond donors (Lipinski definition) is 2. The maximum Gasteiger partial charge on any atom is 0.274 e. The second kappa shape index (κ2) is 12.7. The van der Waals surface area contributed by atoms with Crippen molar-refractivity contribution in [3.8, 4) is 5.75 Å². The van der Waals surface area contributed by atoms with Crippen molar-refractivity contribution in [2.75, 3.05) is 25.2 Å². The molecule has 204 valence electrons. The summed E-state index contributed by atoms with van der Waals surface area (Å²) in [5.41, 5.74) is -1.02. The number of hydrogen-bond acceptors (Lipinski definition) is 7. The lowest BCUT2D eigenvalue weighted by Gasteiger charge is -2.31. The number of anilines is 1. The van der Waals surface area contributed by atoms with Gasteiger partial charge in [-0.3, -0.25) is 4.79 Å². The molecule has 9 nitrogen and oxygen atoms in total. The van der Waals surface area contributed by atoms with Crippen molar-refractivity contribution in [1.29, 1.82) is 0 Å². The van der Waals surface area contributed by atoms with E-state index in [0.717, 1.165) is 22.6 Å². The smallest absolute Gasteiger partial charge is 0.274 e. The molecule has 2 N–H and O–H groups in total. The van der Waals surface area contributed by atoms with Crippen LogP contribution < -0.4 is 14.8 Å². The molecule has 0 aliphatic carbocycles. The minimum atomic E-state index is -4.02. The maximum atomic E-state index is 15.1. The van der Waals surface area contributed by atoms with E-state index in [1.807, 2.05) is 0 Å². The molecular weight excluding hydrogens is 653 g/mol. The molecule has 3 rings (SSSR count). The fourth-order valence-corrected chi connectivity index (χ4v) is 7.24. The summed E-state index contributed by atoms with van der Waals surface area (Å²) >= 11 is 1.55. The second-order valence-corrected chi connectivity index (χ2v) is 13.7. The van der Waals surface area contributed by atoms with Crippen LogP contribution in [0.25, 0.3) is 0 Å². The van der Waals surface area contributed by atoms with Crippen LogP contribution in [0.3, 0.4) is 0 Å². The average Bonchev–Trinajstić information content (AvgIpc) is 2.85. The average molecular weight is 679 g/mol. The van der Waals surface area contributed by atoms with Crippen LogP contribution in [0.2, 0.25) is 0 Å². The molecule has 2 aromatic carbocycles. The number of ether oxygens (including phenoxy) is 1. The van der Waals surface area contributed by atoms with Gasteiger partial charge < -0.3 is 14.6 Å². The number of halogens is 3. The molecule has 0 radical (unpaired) electrons. The van der Waals surface area contributed by atoms with Gasteiger partial charge in [0.15, 0.2) is 0 Å². The lowest BCUT2D eigenvalue weighted by molar-refractivity contribution is 0.102. The number of amides is 1. The van der Waals surface area contributed by atoms with Gasteiger partial charge in [0.05, 0.1) is 19.1 Å². The standard InChI is InChI=1S/C24H25F2IN4O5S2/c1-24(30-37(27)33,15-38(34,35)31(2)14-16-4-8-19(36-3)9-5-16)20-12-18(7-10-21(20)26)29-23(32)22-11-6-17(25)13-28-22/h4-13,30H,14-15H2,1-3H3,(H,29,32). The molecule has 1 amide bonds. The predicted molar refractivity (Wildman–Crippen MR) is 149 cm³/mol. The normalized spacial score (nSPS) is 14.1. The Morgan fingerprint density at radius 3 is 2.45 bits per heavy atom. The zero-order chi connectivity index (χ0) is 28.1. The van der Waals surface area contributed by atoms with Crippen molar-refractivity contribution in [2.24, 2.45) is 0 Å². The Morgan fingerprint density at radius 2 is 1.87 bits per heavy atom. The van der Waals surface area contributed by atoms with Gasteiger partial charge in [-0.2, -0.15) is 0 Å². The molecular formula is C24H25F2IN4O5S2. The molecule has 0 aliphatic rings. The third-order valence-corrected chi connectivity index (χ3v) is 8.89. The van der Waals surface area contributed by atoms with Crippen LogP contribution in [-0.4, -0.2) is 48.1 Å². The Hall–Kier alpha value is -2.37. The van der Waals surface area contributed by atoms with Gasteiger partial charge in [0.1, 0.15) is 37.1 Å². The Bertz CT molecular complexity index is 1380. The zero-order valence-electron chi connectivity index (χ0n) is 20.6. The summed E-state index contributed by atoms with van der Waals surface area (Å²) in [6, 6.07) is 12.7.